The number of fused-ring (bicyclic) bond motifs is 1. The fourth-order valence-electron chi connectivity index (χ4n) is 3.42. The standard InChI is InChI=1S/C24H18ClNO4/c1-14(27)16-3-2-4-20(12-16)26-23(28)17-7-10-21-18(11-17)13-22(30-24(21)29)15-5-8-19(25)9-6-15/h2-12,22H,13H2,1H3,(H,26,28)/t22-/m0/s1. The lowest BCUT2D eigenvalue weighted by atomic mass is 9.93. The number of hydrogen-bond donors (Lipinski definition) is 1. The third-order valence-electron chi connectivity index (χ3n) is 5.01. The molecular formula is C24H18ClNO4. The van der Waals surface area contributed by atoms with Crippen LogP contribution < -0.4 is 5.32 Å². The molecule has 3 aromatic carbocycles. The molecule has 0 aromatic heterocycles. The predicted octanol–water partition coefficient (Wildman–Crippen LogP) is 5.25. The van der Waals surface area contributed by atoms with Crippen LogP contribution in [0.3, 0.4) is 0 Å². The molecule has 0 fully saturated rings. The van der Waals surface area contributed by atoms with Gasteiger partial charge >= 0.3 is 5.97 Å². The molecule has 5 nitrogen and oxygen atoms in total. The van der Waals surface area contributed by atoms with Crippen LogP contribution in [0, 0.1) is 0 Å². The van der Waals surface area contributed by atoms with Gasteiger partial charge in [0.2, 0.25) is 0 Å². The van der Waals surface area contributed by atoms with E-state index >= 15 is 0 Å². The summed E-state index contributed by atoms with van der Waals surface area (Å²) in [6.07, 6.45) is 0.0248. The second-order valence-corrected chi connectivity index (χ2v) is 7.55. The van der Waals surface area contributed by atoms with Crippen LogP contribution in [-0.2, 0) is 11.2 Å². The average molecular weight is 420 g/mol. The maximum Gasteiger partial charge on any atom is 0.339 e. The summed E-state index contributed by atoms with van der Waals surface area (Å²) in [6.45, 7) is 1.47. The SMILES string of the molecule is CC(=O)c1cccc(NC(=O)c2ccc3c(c2)C[C@@H](c2ccc(Cl)cc2)OC3=O)c1. The van der Waals surface area contributed by atoms with Crippen LogP contribution in [0.4, 0.5) is 5.69 Å². The normalized spacial score (nSPS) is 15.1. The van der Waals surface area contributed by atoms with Gasteiger partial charge in [0, 0.05) is 28.3 Å². The molecule has 0 aliphatic carbocycles. The lowest BCUT2D eigenvalue weighted by Gasteiger charge is -2.25. The van der Waals surface area contributed by atoms with Crippen molar-refractivity contribution in [2.24, 2.45) is 0 Å². The highest BCUT2D eigenvalue weighted by Crippen LogP contribution is 2.31. The molecule has 30 heavy (non-hydrogen) atoms. The van der Waals surface area contributed by atoms with Gasteiger partial charge in [-0.1, -0.05) is 35.9 Å². The van der Waals surface area contributed by atoms with Crippen LogP contribution in [0.1, 0.15) is 55.2 Å². The van der Waals surface area contributed by atoms with E-state index in [2.05, 4.69) is 5.32 Å². The van der Waals surface area contributed by atoms with E-state index in [1.165, 1.54) is 6.92 Å². The number of rotatable bonds is 4. The van der Waals surface area contributed by atoms with E-state index in [-0.39, 0.29) is 11.7 Å². The van der Waals surface area contributed by atoms with Crippen molar-refractivity contribution in [3.63, 3.8) is 0 Å². The first kappa shape index (κ1) is 19.9. The van der Waals surface area contributed by atoms with Crippen molar-refractivity contribution in [3.05, 3.63) is 99.6 Å². The van der Waals surface area contributed by atoms with Crippen molar-refractivity contribution < 1.29 is 19.1 Å². The zero-order valence-electron chi connectivity index (χ0n) is 16.1. The Balaban J connectivity index is 1.57. The van der Waals surface area contributed by atoms with E-state index in [0.717, 1.165) is 11.1 Å². The number of amides is 1. The topological polar surface area (TPSA) is 72.5 Å². The van der Waals surface area contributed by atoms with Crippen molar-refractivity contribution in [2.45, 2.75) is 19.4 Å². The van der Waals surface area contributed by atoms with Crippen molar-refractivity contribution in [1.82, 2.24) is 0 Å². The molecule has 0 saturated carbocycles. The van der Waals surface area contributed by atoms with Gasteiger partial charge in [-0.25, -0.2) is 4.79 Å². The number of halogens is 1. The minimum Gasteiger partial charge on any atom is -0.454 e. The summed E-state index contributed by atoms with van der Waals surface area (Å²) < 4.78 is 5.56. The molecule has 4 rings (SSSR count). The number of carbonyl (C=O) groups is 3. The highest BCUT2D eigenvalue weighted by molar-refractivity contribution is 6.30. The molecule has 1 amide bonds. The number of carbonyl (C=O) groups excluding carboxylic acids is 3. The van der Waals surface area contributed by atoms with E-state index in [0.29, 0.717) is 33.8 Å². The van der Waals surface area contributed by atoms with Gasteiger partial charge in [-0.05, 0) is 60.5 Å². The Hall–Kier alpha value is -3.44. The van der Waals surface area contributed by atoms with Crippen LogP contribution >= 0.6 is 11.6 Å². The quantitative estimate of drug-likeness (QED) is 0.463. The van der Waals surface area contributed by atoms with Gasteiger partial charge in [-0.3, -0.25) is 9.59 Å². The van der Waals surface area contributed by atoms with Gasteiger partial charge in [0.25, 0.3) is 5.91 Å². The van der Waals surface area contributed by atoms with E-state index < -0.39 is 12.1 Å². The number of Topliss-reactive ketones (excluding diaryl/α,β-unsaturated/α-hetero) is 1. The van der Waals surface area contributed by atoms with Gasteiger partial charge < -0.3 is 10.1 Å². The second kappa shape index (κ2) is 8.13. The first-order valence-electron chi connectivity index (χ1n) is 9.42. The molecule has 3 aromatic rings. The Kier molecular flexibility index (Phi) is 5.38. The third kappa shape index (κ3) is 4.11. The Labute approximate surface area is 178 Å². The molecular weight excluding hydrogens is 402 g/mol. The maximum absolute atomic E-state index is 12.7. The number of ketones is 1. The molecule has 1 atom stereocenters. The van der Waals surface area contributed by atoms with E-state index in [1.807, 2.05) is 12.1 Å². The highest BCUT2D eigenvalue weighted by atomic mass is 35.5. The molecule has 1 N–H and O–H groups in total. The molecule has 1 heterocycles. The molecule has 0 unspecified atom stereocenters. The number of hydrogen-bond acceptors (Lipinski definition) is 4. The summed E-state index contributed by atoms with van der Waals surface area (Å²) in [7, 11) is 0. The smallest absolute Gasteiger partial charge is 0.339 e. The number of benzene rings is 3. The molecule has 0 radical (unpaired) electrons. The lowest BCUT2D eigenvalue weighted by molar-refractivity contribution is 0.0252. The van der Waals surface area contributed by atoms with E-state index in [4.69, 9.17) is 16.3 Å². The highest BCUT2D eigenvalue weighted by Gasteiger charge is 2.28. The zero-order valence-corrected chi connectivity index (χ0v) is 16.9. The summed E-state index contributed by atoms with van der Waals surface area (Å²) in [5.41, 5.74) is 3.52. The van der Waals surface area contributed by atoms with Crippen molar-refractivity contribution in [2.75, 3.05) is 5.32 Å². The molecule has 0 saturated heterocycles. The van der Waals surface area contributed by atoms with Gasteiger partial charge in [-0.2, -0.15) is 0 Å². The van der Waals surface area contributed by atoms with Crippen molar-refractivity contribution >= 4 is 34.9 Å². The monoisotopic (exact) mass is 419 g/mol. The Morgan fingerprint density at radius 3 is 2.50 bits per heavy atom. The lowest BCUT2D eigenvalue weighted by Crippen LogP contribution is -2.23. The summed E-state index contributed by atoms with van der Waals surface area (Å²) in [6, 6.07) is 18.8. The second-order valence-electron chi connectivity index (χ2n) is 7.11. The summed E-state index contributed by atoms with van der Waals surface area (Å²) in [5.74, 6) is -0.815. The minimum absolute atomic E-state index is 0.0772. The zero-order chi connectivity index (χ0) is 21.3. The molecule has 0 bridgehead atoms. The summed E-state index contributed by atoms with van der Waals surface area (Å²) in [5, 5.41) is 3.40. The van der Waals surface area contributed by atoms with Crippen LogP contribution in [0.25, 0.3) is 0 Å². The van der Waals surface area contributed by atoms with Crippen molar-refractivity contribution in [1.29, 1.82) is 0 Å². The fraction of sp³-hybridized carbons (Fsp3) is 0.125. The van der Waals surface area contributed by atoms with Crippen LogP contribution in [0.2, 0.25) is 5.02 Å². The van der Waals surface area contributed by atoms with Gasteiger partial charge in [-0.15, -0.1) is 0 Å². The largest absolute Gasteiger partial charge is 0.454 e. The Morgan fingerprint density at radius 1 is 1.00 bits per heavy atom. The number of cyclic esters (lactones) is 1. The molecule has 1 aliphatic rings. The minimum atomic E-state index is -0.437. The summed E-state index contributed by atoms with van der Waals surface area (Å²) in [4.78, 5) is 36.7. The number of ether oxygens (including phenoxy) is 1. The van der Waals surface area contributed by atoms with Crippen LogP contribution in [-0.4, -0.2) is 17.7 Å². The molecule has 1 aliphatic heterocycles. The van der Waals surface area contributed by atoms with Gasteiger partial charge in [0.15, 0.2) is 5.78 Å². The van der Waals surface area contributed by atoms with Gasteiger partial charge in [0.1, 0.15) is 6.10 Å². The van der Waals surface area contributed by atoms with Crippen LogP contribution in [0.15, 0.2) is 66.7 Å². The summed E-state index contributed by atoms with van der Waals surface area (Å²) >= 11 is 5.94. The first-order valence-corrected chi connectivity index (χ1v) is 9.80. The van der Waals surface area contributed by atoms with Crippen LogP contribution in [0.5, 0.6) is 0 Å². The Bertz CT molecular complexity index is 1150. The fourth-order valence-corrected chi connectivity index (χ4v) is 3.55. The first-order chi connectivity index (χ1) is 14.4. The van der Waals surface area contributed by atoms with Gasteiger partial charge in [0.05, 0.1) is 5.56 Å². The molecule has 6 heteroatoms. The third-order valence-corrected chi connectivity index (χ3v) is 5.26. The van der Waals surface area contributed by atoms with E-state index in [1.54, 1.807) is 54.6 Å². The molecule has 150 valence electrons. The average Bonchev–Trinajstić information content (AvgIpc) is 2.74. The molecule has 0 spiro atoms. The predicted molar refractivity (Wildman–Crippen MR) is 114 cm³/mol. The number of nitrogens with one attached hydrogen (secondary N) is 1. The number of esters is 1. The maximum atomic E-state index is 12.7. The van der Waals surface area contributed by atoms with Crippen molar-refractivity contribution in [3.8, 4) is 0 Å². The van der Waals surface area contributed by atoms with E-state index in [9.17, 15) is 14.4 Å². The Morgan fingerprint density at radius 2 is 1.77 bits per heavy atom. The number of anilines is 1.